The third kappa shape index (κ3) is 1.66. The SMILES string of the molecule is CCC1CC2CC=C(N)C=C2N(C)C1. The predicted molar refractivity (Wildman–Crippen MR) is 59.5 cm³/mol. The van der Waals surface area contributed by atoms with Gasteiger partial charge in [0.15, 0.2) is 0 Å². The third-order valence-electron chi connectivity index (χ3n) is 3.54. The molecule has 1 aliphatic carbocycles. The normalized spacial score (nSPS) is 32.0. The van der Waals surface area contributed by atoms with E-state index in [0.29, 0.717) is 0 Å². The Morgan fingerprint density at radius 3 is 3.07 bits per heavy atom. The molecule has 2 nitrogen and oxygen atoms in total. The molecule has 1 aliphatic heterocycles. The Kier molecular flexibility index (Phi) is 2.53. The molecule has 0 spiro atoms. The molecule has 0 aromatic rings. The Labute approximate surface area is 86.5 Å². The van der Waals surface area contributed by atoms with Gasteiger partial charge in [0.1, 0.15) is 0 Å². The number of fused-ring (bicyclic) bond motifs is 1. The van der Waals surface area contributed by atoms with Crippen LogP contribution in [0.1, 0.15) is 26.2 Å². The van der Waals surface area contributed by atoms with E-state index in [1.807, 2.05) is 0 Å². The quantitative estimate of drug-likeness (QED) is 0.689. The molecule has 2 aliphatic rings. The number of hydrogen-bond acceptors (Lipinski definition) is 2. The van der Waals surface area contributed by atoms with E-state index in [4.69, 9.17) is 5.73 Å². The fourth-order valence-electron chi connectivity index (χ4n) is 2.65. The summed E-state index contributed by atoms with van der Waals surface area (Å²) in [5.74, 6) is 1.60. The van der Waals surface area contributed by atoms with Crippen LogP contribution < -0.4 is 5.73 Å². The summed E-state index contributed by atoms with van der Waals surface area (Å²) in [6.07, 6.45) is 8.10. The van der Waals surface area contributed by atoms with Crippen LogP contribution >= 0.6 is 0 Å². The van der Waals surface area contributed by atoms with Crippen molar-refractivity contribution in [3.05, 3.63) is 23.5 Å². The number of allylic oxidation sites excluding steroid dienone is 3. The monoisotopic (exact) mass is 192 g/mol. The van der Waals surface area contributed by atoms with Gasteiger partial charge in [-0.15, -0.1) is 0 Å². The first-order chi connectivity index (χ1) is 6.70. The molecule has 2 rings (SSSR count). The van der Waals surface area contributed by atoms with E-state index in [0.717, 1.165) is 24.0 Å². The summed E-state index contributed by atoms with van der Waals surface area (Å²) in [4.78, 5) is 2.39. The van der Waals surface area contributed by atoms with Crippen molar-refractivity contribution in [2.45, 2.75) is 26.2 Å². The lowest BCUT2D eigenvalue weighted by atomic mass is 9.81. The van der Waals surface area contributed by atoms with E-state index in [1.165, 1.54) is 25.1 Å². The van der Waals surface area contributed by atoms with Crippen LogP contribution in [0, 0.1) is 11.8 Å². The highest BCUT2D eigenvalue weighted by atomic mass is 15.1. The Balaban J connectivity index is 2.16. The Morgan fingerprint density at radius 1 is 1.57 bits per heavy atom. The number of nitrogens with two attached hydrogens (primary N) is 1. The predicted octanol–water partition coefficient (Wildman–Crippen LogP) is 2.09. The van der Waals surface area contributed by atoms with Crippen molar-refractivity contribution < 1.29 is 0 Å². The molecule has 0 aromatic carbocycles. The van der Waals surface area contributed by atoms with E-state index in [9.17, 15) is 0 Å². The molecule has 1 fully saturated rings. The molecule has 2 heteroatoms. The zero-order chi connectivity index (χ0) is 10.1. The van der Waals surface area contributed by atoms with Gasteiger partial charge >= 0.3 is 0 Å². The minimum absolute atomic E-state index is 0.728. The van der Waals surface area contributed by atoms with Crippen LogP contribution in [0.25, 0.3) is 0 Å². The van der Waals surface area contributed by atoms with Crippen molar-refractivity contribution in [3.63, 3.8) is 0 Å². The number of likely N-dealkylation sites (tertiary alicyclic amines) is 1. The van der Waals surface area contributed by atoms with E-state index < -0.39 is 0 Å². The van der Waals surface area contributed by atoms with Gasteiger partial charge in [0.25, 0.3) is 0 Å². The van der Waals surface area contributed by atoms with Gasteiger partial charge in [0.05, 0.1) is 0 Å². The van der Waals surface area contributed by atoms with Crippen molar-refractivity contribution in [3.8, 4) is 0 Å². The lowest BCUT2D eigenvalue weighted by Crippen LogP contribution is -2.37. The van der Waals surface area contributed by atoms with Crippen LogP contribution in [0.5, 0.6) is 0 Å². The molecule has 0 bridgehead atoms. The Bertz CT molecular complexity index is 278. The lowest BCUT2D eigenvalue weighted by Gasteiger charge is -2.40. The van der Waals surface area contributed by atoms with Crippen LogP contribution in [0.4, 0.5) is 0 Å². The summed E-state index contributed by atoms with van der Waals surface area (Å²) in [5, 5.41) is 0. The van der Waals surface area contributed by atoms with Gasteiger partial charge in [0.2, 0.25) is 0 Å². The maximum atomic E-state index is 5.83. The maximum absolute atomic E-state index is 5.83. The molecule has 0 radical (unpaired) electrons. The van der Waals surface area contributed by atoms with E-state index >= 15 is 0 Å². The van der Waals surface area contributed by atoms with E-state index in [2.05, 4.69) is 31.0 Å². The first-order valence-electron chi connectivity index (χ1n) is 5.59. The Morgan fingerprint density at radius 2 is 2.36 bits per heavy atom. The van der Waals surface area contributed by atoms with Crippen LogP contribution in [0.3, 0.4) is 0 Å². The van der Waals surface area contributed by atoms with E-state index in [1.54, 1.807) is 0 Å². The van der Waals surface area contributed by atoms with Crippen LogP contribution in [0.2, 0.25) is 0 Å². The molecule has 78 valence electrons. The molecular weight excluding hydrogens is 172 g/mol. The van der Waals surface area contributed by atoms with E-state index in [-0.39, 0.29) is 0 Å². The van der Waals surface area contributed by atoms with Gasteiger partial charge in [-0.1, -0.05) is 19.4 Å². The summed E-state index contributed by atoms with van der Waals surface area (Å²) >= 11 is 0. The molecule has 14 heavy (non-hydrogen) atoms. The highest BCUT2D eigenvalue weighted by Gasteiger charge is 2.29. The first-order valence-corrected chi connectivity index (χ1v) is 5.59. The van der Waals surface area contributed by atoms with Crippen molar-refractivity contribution >= 4 is 0 Å². The fourth-order valence-corrected chi connectivity index (χ4v) is 2.65. The zero-order valence-electron chi connectivity index (χ0n) is 9.16. The van der Waals surface area contributed by atoms with Crippen molar-refractivity contribution in [1.29, 1.82) is 0 Å². The minimum Gasteiger partial charge on any atom is -0.399 e. The Hall–Kier alpha value is -0.920. The molecule has 0 amide bonds. The van der Waals surface area contributed by atoms with Crippen LogP contribution in [-0.4, -0.2) is 18.5 Å². The summed E-state index contributed by atoms with van der Waals surface area (Å²) in [7, 11) is 2.19. The van der Waals surface area contributed by atoms with Gasteiger partial charge < -0.3 is 10.6 Å². The number of rotatable bonds is 1. The smallest absolute Gasteiger partial charge is 0.0291 e. The largest absolute Gasteiger partial charge is 0.399 e. The van der Waals surface area contributed by atoms with Gasteiger partial charge in [-0.2, -0.15) is 0 Å². The molecule has 2 N–H and O–H groups in total. The van der Waals surface area contributed by atoms with Crippen molar-refractivity contribution in [1.82, 2.24) is 4.90 Å². The molecule has 1 heterocycles. The second kappa shape index (κ2) is 3.68. The van der Waals surface area contributed by atoms with Crippen molar-refractivity contribution in [2.75, 3.05) is 13.6 Å². The first kappa shape index (κ1) is 9.63. The van der Waals surface area contributed by atoms with Crippen molar-refractivity contribution in [2.24, 2.45) is 17.6 Å². The fraction of sp³-hybridized carbons (Fsp3) is 0.667. The molecular formula is C12H20N2. The molecule has 0 aromatic heterocycles. The molecule has 0 saturated carbocycles. The maximum Gasteiger partial charge on any atom is 0.0291 e. The summed E-state index contributed by atoms with van der Waals surface area (Å²) in [6, 6.07) is 0. The van der Waals surface area contributed by atoms with Crippen LogP contribution in [0.15, 0.2) is 23.5 Å². The second-order valence-electron chi connectivity index (χ2n) is 4.60. The molecule has 2 atom stereocenters. The zero-order valence-corrected chi connectivity index (χ0v) is 9.16. The third-order valence-corrected chi connectivity index (χ3v) is 3.54. The average Bonchev–Trinajstić information content (AvgIpc) is 2.19. The number of hydrogen-bond donors (Lipinski definition) is 1. The van der Waals surface area contributed by atoms with Gasteiger partial charge in [-0.25, -0.2) is 0 Å². The molecule has 1 saturated heterocycles. The summed E-state index contributed by atoms with van der Waals surface area (Å²) in [6.45, 7) is 3.49. The highest BCUT2D eigenvalue weighted by Crippen LogP contribution is 2.36. The second-order valence-corrected chi connectivity index (χ2v) is 4.60. The van der Waals surface area contributed by atoms with Gasteiger partial charge in [-0.3, -0.25) is 0 Å². The van der Waals surface area contributed by atoms with Gasteiger partial charge in [-0.05, 0) is 24.8 Å². The molecule has 2 unspecified atom stereocenters. The standard InChI is InChI=1S/C12H20N2/c1-3-9-6-10-4-5-11(13)7-12(10)14(2)8-9/h5,7,9-10H,3-4,6,8,13H2,1-2H3. The highest BCUT2D eigenvalue weighted by molar-refractivity contribution is 5.27. The van der Waals surface area contributed by atoms with Crippen LogP contribution in [-0.2, 0) is 0 Å². The topological polar surface area (TPSA) is 29.3 Å². The summed E-state index contributed by atoms with van der Waals surface area (Å²) in [5.41, 5.74) is 8.23. The minimum atomic E-state index is 0.728. The number of nitrogens with zero attached hydrogens (tertiary/aromatic N) is 1. The number of piperidine rings is 1. The summed E-state index contributed by atoms with van der Waals surface area (Å²) < 4.78 is 0. The lowest BCUT2D eigenvalue weighted by molar-refractivity contribution is 0.203. The average molecular weight is 192 g/mol. The van der Waals surface area contributed by atoms with Gasteiger partial charge in [0, 0.05) is 30.9 Å².